The molecule has 1 aromatic heterocycles. The van der Waals surface area contributed by atoms with Crippen molar-refractivity contribution in [1.82, 2.24) is 10.5 Å². The van der Waals surface area contributed by atoms with Crippen LogP contribution in [0.25, 0.3) is 0 Å². The second kappa shape index (κ2) is 5.71. The predicted molar refractivity (Wildman–Crippen MR) is 79.1 cm³/mol. The number of amides is 1. The van der Waals surface area contributed by atoms with E-state index in [0.29, 0.717) is 29.2 Å². The van der Waals surface area contributed by atoms with E-state index < -0.39 is 0 Å². The van der Waals surface area contributed by atoms with Gasteiger partial charge in [0.15, 0.2) is 11.5 Å². The number of aromatic nitrogens is 1. The minimum atomic E-state index is -0.180. The molecule has 1 unspecified atom stereocenters. The lowest BCUT2D eigenvalue weighted by Gasteiger charge is -2.14. The molecule has 1 atom stereocenters. The van der Waals surface area contributed by atoms with Crippen LogP contribution in [0.2, 0.25) is 0 Å². The first kappa shape index (κ1) is 14.4. The number of nitrogens with one attached hydrogen (secondary N) is 1. The van der Waals surface area contributed by atoms with Crippen LogP contribution in [0.1, 0.15) is 47.3 Å². The maximum absolute atomic E-state index is 12.5. The van der Waals surface area contributed by atoms with Crippen molar-refractivity contribution >= 4 is 5.91 Å². The molecule has 1 aliphatic heterocycles. The van der Waals surface area contributed by atoms with Gasteiger partial charge in [-0.3, -0.25) is 4.79 Å². The third-order valence-electron chi connectivity index (χ3n) is 3.74. The summed E-state index contributed by atoms with van der Waals surface area (Å²) < 4.78 is 15.8. The molecule has 116 valence electrons. The van der Waals surface area contributed by atoms with Crippen molar-refractivity contribution in [3.05, 3.63) is 40.8 Å². The van der Waals surface area contributed by atoms with Gasteiger partial charge in [-0.25, -0.2) is 0 Å². The number of hydrogen-bond donors (Lipinski definition) is 1. The van der Waals surface area contributed by atoms with Crippen molar-refractivity contribution in [3.8, 4) is 11.5 Å². The van der Waals surface area contributed by atoms with E-state index in [9.17, 15) is 4.79 Å². The summed E-state index contributed by atoms with van der Waals surface area (Å²) >= 11 is 0. The highest BCUT2D eigenvalue weighted by atomic mass is 16.7. The van der Waals surface area contributed by atoms with Crippen LogP contribution in [-0.4, -0.2) is 17.9 Å². The van der Waals surface area contributed by atoms with E-state index in [-0.39, 0.29) is 18.7 Å². The van der Waals surface area contributed by atoms with Crippen LogP contribution >= 0.6 is 0 Å². The minimum Gasteiger partial charge on any atom is -0.454 e. The molecule has 0 radical (unpaired) electrons. The lowest BCUT2D eigenvalue weighted by Crippen LogP contribution is -2.27. The van der Waals surface area contributed by atoms with Gasteiger partial charge in [0.25, 0.3) is 5.91 Å². The average Bonchev–Trinajstić information content (AvgIpc) is 3.11. The Morgan fingerprint density at radius 3 is 2.91 bits per heavy atom. The summed E-state index contributed by atoms with van der Waals surface area (Å²) in [4.78, 5) is 12.5. The topological polar surface area (TPSA) is 73.6 Å². The van der Waals surface area contributed by atoms with E-state index in [1.54, 1.807) is 6.92 Å². The molecule has 2 heterocycles. The van der Waals surface area contributed by atoms with Gasteiger partial charge in [0, 0.05) is 0 Å². The quantitative estimate of drug-likeness (QED) is 0.940. The van der Waals surface area contributed by atoms with Crippen LogP contribution in [0, 0.1) is 6.92 Å². The maximum atomic E-state index is 12.5. The normalized spacial score (nSPS) is 14.0. The first-order valence-corrected chi connectivity index (χ1v) is 7.25. The van der Waals surface area contributed by atoms with Gasteiger partial charge in [-0.05, 0) is 38.0 Å². The second-order valence-electron chi connectivity index (χ2n) is 5.22. The Morgan fingerprint density at radius 2 is 2.14 bits per heavy atom. The molecule has 22 heavy (non-hydrogen) atoms. The number of aryl methyl sites for hydroxylation is 2. The Bertz CT molecular complexity index is 708. The molecule has 1 aromatic carbocycles. The molecule has 1 aliphatic rings. The molecule has 3 rings (SSSR count). The fourth-order valence-corrected chi connectivity index (χ4v) is 2.48. The number of benzene rings is 1. The summed E-state index contributed by atoms with van der Waals surface area (Å²) in [6.45, 7) is 5.84. The van der Waals surface area contributed by atoms with Crippen LogP contribution in [0.15, 0.2) is 22.7 Å². The second-order valence-corrected chi connectivity index (χ2v) is 5.22. The zero-order valence-corrected chi connectivity index (χ0v) is 12.8. The molecule has 0 aliphatic carbocycles. The molecule has 0 fully saturated rings. The third-order valence-corrected chi connectivity index (χ3v) is 3.74. The Morgan fingerprint density at radius 1 is 1.36 bits per heavy atom. The Labute approximate surface area is 128 Å². The van der Waals surface area contributed by atoms with Crippen LogP contribution in [0.3, 0.4) is 0 Å². The van der Waals surface area contributed by atoms with Crippen LogP contribution in [0.4, 0.5) is 0 Å². The largest absolute Gasteiger partial charge is 0.454 e. The SMILES string of the molecule is CCc1noc(C)c1C(=O)NC(C)c1ccc2c(c1)OCO2. The van der Waals surface area contributed by atoms with Crippen molar-refractivity contribution in [2.45, 2.75) is 33.2 Å². The first-order chi connectivity index (χ1) is 10.6. The van der Waals surface area contributed by atoms with Gasteiger partial charge < -0.3 is 19.3 Å². The number of hydrogen-bond acceptors (Lipinski definition) is 5. The number of carbonyl (C=O) groups excluding carboxylic acids is 1. The number of nitrogens with zero attached hydrogens (tertiary/aromatic N) is 1. The predicted octanol–water partition coefficient (Wildman–Crippen LogP) is 2.77. The lowest BCUT2D eigenvalue weighted by atomic mass is 10.1. The van der Waals surface area contributed by atoms with E-state index in [1.165, 1.54) is 0 Å². The summed E-state index contributed by atoms with van der Waals surface area (Å²) in [6.07, 6.45) is 0.651. The lowest BCUT2D eigenvalue weighted by molar-refractivity contribution is 0.0937. The molecular weight excluding hydrogens is 284 g/mol. The van der Waals surface area contributed by atoms with Gasteiger partial charge in [0.1, 0.15) is 11.3 Å². The number of fused-ring (bicyclic) bond motifs is 1. The van der Waals surface area contributed by atoms with Crippen molar-refractivity contribution in [2.24, 2.45) is 0 Å². The third kappa shape index (κ3) is 2.52. The minimum absolute atomic E-state index is 0.166. The fraction of sp³-hybridized carbons (Fsp3) is 0.375. The average molecular weight is 302 g/mol. The highest BCUT2D eigenvalue weighted by Gasteiger charge is 2.22. The number of carbonyl (C=O) groups is 1. The molecule has 0 bridgehead atoms. The number of rotatable bonds is 4. The first-order valence-electron chi connectivity index (χ1n) is 7.25. The molecule has 1 N–H and O–H groups in total. The van der Waals surface area contributed by atoms with Gasteiger partial charge >= 0.3 is 0 Å². The molecular formula is C16H18N2O4. The summed E-state index contributed by atoms with van der Waals surface area (Å²) in [7, 11) is 0. The van der Waals surface area contributed by atoms with Crippen molar-refractivity contribution in [1.29, 1.82) is 0 Å². The number of ether oxygens (including phenoxy) is 2. The highest BCUT2D eigenvalue weighted by molar-refractivity contribution is 5.96. The van der Waals surface area contributed by atoms with Gasteiger partial charge in [-0.2, -0.15) is 0 Å². The highest BCUT2D eigenvalue weighted by Crippen LogP contribution is 2.34. The smallest absolute Gasteiger partial charge is 0.257 e. The zero-order chi connectivity index (χ0) is 15.7. The van der Waals surface area contributed by atoms with E-state index in [0.717, 1.165) is 11.3 Å². The standard InChI is InChI=1S/C16H18N2O4/c1-4-12-15(10(3)22-18-12)16(19)17-9(2)11-5-6-13-14(7-11)21-8-20-13/h5-7,9H,4,8H2,1-3H3,(H,17,19). The zero-order valence-electron chi connectivity index (χ0n) is 12.8. The molecule has 0 saturated carbocycles. The van der Waals surface area contributed by atoms with Crippen molar-refractivity contribution in [2.75, 3.05) is 6.79 Å². The molecule has 0 spiro atoms. The van der Waals surface area contributed by atoms with Crippen LogP contribution in [0.5, 0.6) is 11.5 Å². The Kier molecular flexibility index (Phi) is 3.75. The Hall–Kier alpha value is -2.50. The molecule has 2 aromatic rings. The summed E-state index contributed by atoms with van der Waals surface area (Å²) in [6, 6.07) is 5.48. The van der Waals surface area contributed by atoms with Gasteiger partial charge in [0.05, 0.1) is 11.7 Å². The van der Waals surface area contributed by atoms with E-state index in [4.69, 9.17) is 14.0 Å². The van der Waals surface area contributed by atoms with E-state index in [1.807, 2.05) is 32.0 Å². The van der Waals surface area contributed by atoms with Gasteiger partial charge in [-0.1, -0.05) is 18.1 Å². The van der Waals surface area contributed by atoms with Crippen molar-refractivity contribution < 1.29 is 18.8 Å². The fourth-order valence-electron chi connectivity index (χ4n) is 2.48. The van der Waals surface area contributed by atoms with E-state index >= 15 is 0 Å². The summed E-state index contributed by atoms with van der Waals surface area (Å²) in [5, 5.41) is 6.88. The Balaban J connectivity index is 1.77. The summed E-state index contributed by atoms with van der Waals surface area (Å²) in [5.41, 5.74) is 2.15. The molecule has 6 heteroatoms. The molecule has 6 nitrogen and oxygen atoms in total. The van der Waals surface area contributed by atoms with Crippen molar-refractivity contribution in [3.63, 3.8) is 0 Å². The maximum Gasteiger partial charge on any atom is 0.257 e. The van der Waals surface area contributed by atoms with Gasteiger partial charge in [0.2, 0.25) is 6.79 Å². The van der Waals surface area contributed by atoms with Crippen LogP contribution < -0.4 is 14.8 Å². The monoisotopic (exact) mass is 302 g/mol. The molecule has 1 amide bonds. The van der Waals surface area contributed by atoms with E-state index in [2.05, 4.69) is 10.5 Å². The van der Waals surface area contributed by atoms with Gasteiger partial charge in [-0.15, -0.1) is 0 Å². The van der Waals surface area contributed by atoms with Crippen LogP contribution in [-0.2, 0) is 6.42 Å². The summed E-state index contributed by atoms with van der Waals surface area (Å²) in [5.74, 6) is 1.78. The molecule has 0 saturated heterocycles.